The van der Waals surface area contributed by atoms with Crippen LogP contribution in [-0.2, 0) is 4.79 Å². The normalized spacial score (nSPS) is 10.7. The van der Waals surface area contributed by atoms with Gasteiger partial charge in [-0.25, -0.2) is 4.68 Å². The number of rotatable bonds is 3. The minimum atomic E-state index is -0.0545. The smallest absolute Gasteiger partial charge is 0.226 e. The third-order valence-electron chi connectivity index (χ3n) is 2.62. The molecule has 0 atom stereocenters. The van der Waals surface area contributed by atoms with Crippen molar-refractivity contribution in [2.24, 2.45) is 5.92 Å². The number of carbonyl (C=O) groups is 1. The SMILES string of the molecule is Cc1ccc(-n2cnnn2)cc1NC(=O)C(C)C. The Balaban J connectivity index is 2.30. The number of carbonyl (C=O) groups excluding carboxylic acids is 1. The maximum absolute atomic E-state index is 11.7. The Bertz CT molecular complexity index is 548. The number of nitrogens with zero attached hydrogens (tertiary/aromatic N) is 4. The van der Waals surface area contributed by atoms with Gasteiger partial charge in [-0.3, -0.25) is 4.79 Å². The maximum Gasteiger partial charge on any atom is 0.226 e. The van der Waals surface area contributed by atoms with Crippen molar-refractivity contribution < 1.29 is 4.79 Å². The van der Waals surface area contributed by atoms with Gasteiger partial charge in [0.25, 0.3) is 0 Å². The molecule has 0 saturated heterocycles. The van der Waals surface area contributed by atoms with E-state index in [1.807, 2.05) is 39.0 Å². The van der Waals surface area contributed by atoms with Crippen LogP contribution in [0, 0.1) is 12.8 Å². The second kappa shape index (κ2) is 4.95. The molecule has 1 amide bonds. The number of nitrogens with one attached hydrogen (secondary N) is 1. The molecular weight excluding hydrogens is 230 g/mol. The van der Waals surface area contributed by atoms with Gasteiger partial charge in [-0.2, -0.15) is 0 Å². The summed E-state index contributed by atoms with van der Waals surface area (Å²) in [4.78, 5) is 11.7. The number of benzene rings is 1. The molecule has 1 N–H and O–H groups in total. The van der Waals surface area contributed by atoms with E-state index in [2.05, 4.69) is 20.8 Å². The lowest BCUT2D eigenvalue weighted by molar-refractivity contribution is -0.118. The van der Waals surface area contributed by atoms with E-state index in [-0.39, 0.29) is 11.8 Å². The summed E-state index contributed by atoms with van der Waals surface area (Å²) in [7, 11) is 0. The minimum Gasteiger partial charge on any atom is -0.326 e. The summed E-state index contributed by atoms with van der Waals surface area (Å²) in [5.74, 6) is -0.0620. The number of tetrazole rings is 1. The van der Waals surface area contributed by atoms with Gasteiger partial charge in [-0.05, 0) is 35.0 Å². The molecule has 0 radical (unpaired) electrons. The number of aryl methyl sites for hydroxylation is 1. The van der Waals surface area contributed by atoms with E-state index < -0.39 is 0 Å². The van der Waals surface area contributed by atoms with Crippen LogP contribution in [0.5, 0.6) is 0 Å². The lowest BCUT2D eigenvalue weighted by atomic mass is 10.1. The van der Waals surface area contributed by atoms with Crippen molar-refractivity contribution in [3.05, 3.63) is 30.1 Å². The highest BCUT2D eigenvalue weighted by Gasteiger charge is 2.10. The standard InChI is InChI=1S/C12H15N5O/c1-8(2)12(18)14-11-6-10(5-4-9(11)3)17-7-13-15-16-17/h4-8H,1-3H3,(H,14,18). The Labute approximate surface area is 105 Å². The fourth-order valence-electron chi connectivity index (χ4n) is 1.44. The van der Waals surface area contributed by atoms with Crippen LogP contribution in [0.1, 0.15) is 19.4 Å². The monoisotopic (exact) mass is 245 g/mol. The van der Waals surface area contributed by atoms with Crippen molar-refractivity contribution in [1.82, 2.24) is 20.2 Å². The fourth-order valence-corrected chi connectivity index (χ4v) is 1.44. The van der Waals surface area contributed by atoms with Crippen LogP contribution in [0.25, 0.3) is 5.69 Å². The van der Waals surface area contributed by atoms with Crippen molar-refractivity contribution in [1.29, 1.82) is 0 Å². The van der Waals surface area contributed by atoms with Gasteiger partial charge in [-0.15, -0.1) is 5.10 Å². The average Bonchev–Trinajstić information content (AvgIpc) is 2.85. The Morgan fingerprint density at radius 1 is 1.39 bits per heavy atom. The van der Waals surface area contributed by atoms with Crippen molar-refractivity contribution in [2.75, 3.05) is 5.32 Å². The lowest BCUT2D eigenvalue weighted by Gasteiger charge is -2.11. The minimum absolute atomic E-state index is 0.00744. The van der Waals surface area contributed by atoms with Gasteiger partial charge in [0.15, 0.2) is 0 Å². The van der Waals surface area contributed by atoms with E-state index in [9.17, 15) is 4.79 Å². The van der Waals surface area contributed by atoms with Gasteiger partial charge in [0, 0.05) is 11.6 Å². The van der Waals surface area contributed by atoms with E-state index in [4.69, 9.17) is 0 Å². The van der Waals surface area contributed by atoms with E-state index in [0.717, 1.165) is 16.9 Å². The van der Waals surface area contributed by atoms with Gasteiger partial charge in [0.2, 0.25) is 5.91 Å². The van der Waals surface area contributed by atoms with Crippen LogP contribution in [0.3, 0.4) is 0 Å². The predicted molar refractivity (Wildman–Crippen MR) is 67.4 cm³/mol. The van der Waals surface area contributed by atoms with Crippen LogP contribution in [0.4, 0.5) is 5.69 Å². The first-order valence-corrected chi connectivity index (χ1v) is 5.73. The molecule has 0 aliphatic carbocycles. The molecule has 94 valence electrons. The topological polar surface area (TPSA) is 72.7 Å². The highest BCUT2D eigenvalue weighted by atomic mass is 16.1. The van der Waals surface area contributed by atoms with Crippen molar-refractivity contribution in [2.45, 2.75) is 20.8 Å². The Morgan fingerprint density at radius 3 is 2.78 bits per heavy atom. The molecule has 1 heterocycles. The first-order chi connectivity index (χ1) is 8.58. The quantitative estimate of drug-likeness (QED) is 0.890. The molecule has 0 aliphatic heterocycles. The zero-order chi connectivity index (χ0) is 13.1. The molecule has 0 spiro atoms. The Kier molecular flexibility index (Phi) is 3.36. The zero-order valence-corrected chi connectivity index (χ0v) is 10.6. The molecule has 2 aromatic rings. The molecule has 1 aromatic carbocycles. The van der Waals surface area contributed by atoms with Crippen LogP contribution in [0.15, 0.2) is 24.5 Å². The zero-order valence-electron chi connectivity index (χ0n) is 10.6. The number of aromatic nitrogens is 4. The first kappa shape index (κ1) is 12.2. The van der Waals surface area contributed by atoms with Crippen LogP contribution in [-0.4, -0.2) is 26.1 Å². The summed E-state index contributed by atoms with van der Waals surface area (Å²) >= 11 is 0. The third-order valence-corrected chi connectivity index (χ3v) is 2.62. The predicted octanol–water partition coefficient (Wildman–Crippen LogP) is 1.57. The highest BCUT2D eigenvalue weighted by Crippen LogP contribution is 2.19. The van der Waals surface area contributed by atoms with Crippen molar-refractivity contribution in [3.8, 4) is 5.69 Å². The molecule has 1 aromatic heterocycles. The van der Waals surface area contributed by atoms with Crippen LogP contribution in [0.2, 0.25) is 0 Å². The van der Waals surface area contributed by atoms with Gasteiger partial charge in [-0.1, -0.05) is 19.9 Å². The summed E-state index contributed by atoms with van der Waals surface area (Å²) in [5.41, 5.74) is 2.59. The van der Waals surface area contributed by atoms with Crippen LogP contribution < -0.4 is 5.32 Å². The molecule has 6 heteroatoms. The second-order valence-corrected chi connectivity index (χ2v) is 4.40. The Hall–Kier alpha value is -2.24. The Morgan fingerprint density at radius 2 is 2.17 bits per heavy atom. The molecule has 2 rings (SSSR count). The third kappa shape index (κ3) is 2.53. The molecule has 6 nitrogen and oxygen atoms in total. The van der Waals surface area contributed by atoms with E-state index in [0.29, 0.717) is 0 Å². The summed E-state index contributed by atoms with van der Waals surface area (Å²) in [6, 6.07) is 5.68. The van der Waals surface area contributed by atoms with E-state index in [1.165, 1.54) is 6.33 Å². The number of anilines is 1. The molecule has 0 saturated carbocycles. The summed E-state index contributed by atoms with van der Waals surface area (Å²) in [5, 5.41) is 13.9. The summed E-state index contributed by atoms with van der Waals surface area (Å²) in [6.07, 6.45) is 1.51. The van der Waals surface area contributed by atoms with Gasteiger partial charge >= 0.3 is 0 Å². The first-order valence-electron chi connectivity index (χ1n) is 5.73. The van der Waals surface area contributed by atoms with Gasteiger partial charge < -0.3 is 5.32 Å². The van der Waals surface area contributed by atoms with Gasteiger partial charge in [0.1, 0.15) is 6.33 Å². The van der Waals surface area contributed by atoms with E-state index in [1.54, 1.807) is 4.68 Å². The van der Waals surface area contributed by atoms with Crippen molar-refractivity contribution >= 4 is 11.6 Å². The molecular formula is C12H15N5O. The number of amides is 1. The average molecular weight is 245 g/mol. The number of hydrogen-bond donors (Lipinski definition) is 1. The molecule has 0 fully saturated rings. The molecule has 0 bridgehead atoms. The maximum atomic E-state index is 11.7. The van der Waals surface area contributed by atoms with E-state index >= 15 is 0 Å². The summed E-state index contributed by atoms with van der Waals surface area (Å²) in [6.45, 7) is 5.66. The summed E-state index contributed by atoms with van der Waals surface area (Å²) < 4.78 is 1.55. The molecule has 18 heavy (non-hydrogen) atoms. The number of hydrogen-bond acceptors (Lipinski definition) is 4. The van der Waals surface area contributed by atoms with Crippen molar-refractivity contribution in [3.63, 3.8) is 0 Å². The fraction of sp³-hybridized carbons (Fsp3) is 0.333. The molecule has 0 unspecified atom stereocenters. The highest BCUT2D eigenvalue weighted by molar-refractivity contribution is 5.93. The second-order valence-electron chi connectivity index (χ2n) is 4.40. The van der Waals surface area contributed by atoms with Crippen LogP contribution >= 0.6 is 0 Å². The van der Waals surface area contributed by atoms with Gasteiger partial charge in [0.05, 0.1) is 5.69 Å². The lowest BCUT2D eigenvalue weighted by Crippen LogP contribution is -2.18. The largest absolute Gasteiger partial charge is 0.326 e. The molecule has 0 aliphatic rings.